The van der Waals surface area contributed by atoms with E-state index < -0.39 is 5.97 Å². The smallest absolute Gasteiger partial charge is 0.339 e. The second-order valence-electron chi connectivity index (χ2n) is 4.20. The van der Waals surface area contributed by atoms with Gasteiger partial charge in [-0.25, -0.2) is 4.79 Å². The van der Waals surface area contributed by atoms with E-state index in [1.807, 2.05) is 18.2 Å². The van der Waals surface area contributed by atoms with Crippen LogP contribution >= 0.6 is 11.6 Å². The maximum absolute atomic E-state index is 11.9. The van der Waals surface area contributed by atoms with E-state index in [1.54, 1.807) is 6.07 Å². The van der Waals surface area contributed by atoms with Gasteiger partial charge in [-0.15, -0.1) is 0 Å². The fraction of sp³-hybridized carbons (Fsp3) is 0.133. The number of pyridine rings is 1. The van der Waals surface area contributed by atoms with Crippen molar-refractivity contribution in [2.24, 2.45) is 0 Å². The number of methoxy groups -OCH3 is 1. The van der Waals surface area contributed by atoms with Crippen LogP contribution in [-0.4, -0.2) is 24.0 Å². The molecule has 0 atom stereocenters. The molecule has 2 aromatic rings. The molecule has 0 aliphatic carbocycles. The molecule has 1 aromatic carbocycles. The van der Waals surface area contributed by atoms with Crippen molar-refractivity contribution in [3.05, 3.63) is 64.4 Å². The number of benzene rings is 1. The number of nitrogens with one attached hydrogen (secondary N) is 1. The molecular formula is C15H13ClN2O3. The molecule has 1 amide bonds. The van der Waals surface area contributed by atoms with Crippen molar-refractivity contribution in [2.45, 2.75) is 6.54 Å². The molecule has 0 unspecified atom stereocenters. The first-order chi connectivity index (χ1) is 10.1. The van der Waals surface area contributed by atoms with Gasteiger partial charge < -0.3 is 10.1 Å². The second kappa shape index (κ2) is 6.85. The highest BCUT2D eigenvalue weighted by atomic mass is 35.5. The third-order valence-electron chi connectivity index (χ3n) is 2.81. The molecule has 1 aromatic heterocycles. The van der Waals surface area contributed by atoms with E-state index in [1.165, 1.54) is 25.4 Å². The Morgan fingerprint density at radius 2 is 2.00 bits per heavy atom. The molecule has 2 rings (SSSR count). The van der Waals surface area contributed by atoms with Gasteiger partial charge in [0.05, 0.1) is 12.7 Å². The average Bonchev–Trinajstić information content (AvgIpc) is 2.53. The predicted molar refractivity (Wildman–Crippen MR) is 78.2 cm³/mol. The van der Waals surface area contributed by atoms with Crippen molar-refractivity contribution in [3.63, 3.8) is 0 Å². The Morgan fingerprint density at radius 3 is 2.62 bits per heavy atom. The van der Waals surface area contributed by atoms with E-state index in [2.05, 4.69) is 15.0 Å². The number of hydrogen-bond acceptors (Lipinski definition) is 4. The molecular weight excluding hydrogens is 292 g/mol. The van der Waals surface area contributed by atoms with E-state index in [0.717, 1.165) is 5.56 Å². The average molecular weight is 305 g/mol. The summed E-state index contributed by atoms with van der Waals surface area (Å²) < 4.78 is 4.56. The fourth-order valence-corrected chi connectivity index (χ4v) is 1.88. The molecule has 0 aliphatic rings. The van der Waals surface area contributed by atoms with E-state index >= 15 is 0 Å². The molecule has 0 radical (unpaired) electrons. The number of carbonyl (C=O) groups excluding carboxylic acids is 2. The highest BCUT2D eigenvalue weighted by Crippen LogP contribution is 2.14. The second-order valence-corrected chi connectivity index (χ2v) is 4.60. The molecule has 108 valence electrons. The number of halogens is 1. The monoisotopic (exact) mass is 304 g/mol. The van der Waals surface area contributed by atoms with E-state index in [0.29, 0.717) is 17.1 Å². The van der Waals surface area contributed by atoms with E-state index in [-0.39, 0.29) is 11.6 Å². The molecule has 1 N–H and O–H groups in total. The third-order valence-corrected chi connectivity index (χ3v) is 3.18. The Labute approximate surface area is 126 Å². The first kappa shape index (κ1) is 15.0. The highest BCUT2D eigenvalue weighted by Gasteiger charge is 2.10. The lowest BCUT2D eigenvalue weighted by molar-refractivity contribution is 0.0599. The summed E-state index contributed by atoms with van der Waals surface area (Å²) >= 11 is 6.01. The lowest BCUT2D eigenvalue weighted by Crippen LogP contribution is -2.24. The van der Waals surface area contributed by atoms with Gasteiger partial charge in [0.1, 0.15) is 5.69 Å². The Balaban J connectivity index is 2.01. The molecule has 6 heteroatoms. The first-order valence-electron chi connectivity index (χ1n) is 6.18. The summed E-state index contributed by atoms with van der Waals surface area (Å²) in [5, 5.41) is 3.31. The maximum atomic E-state index is 11.9. The van der Waals surface area contributed by atoms with Crippen LogP contribution in [0.5, 0.6) is 0 Å². The zero-order valence-corrected chi connectivity index (χ0v) is 12.1. The fourth-order valence-electron chi connectivity index (χ4n) is 1.67. The predicted octanol–water partition coefficient (Wildman–Crippen LogP) is 2.45. The molecule has 0 saturated heterocycles. The van der Waals surface area contributed by atoms with Crippen LogP contribution in [0.15, 0.2) is 42.6 Å². The summed E-state index contributed by atoms with van der Waals surface area (Å²) in [5.41, 5.74) is 1.33. The minimum atomic E-state index is -0.495. The van der Waals surface area contributed by atoms with Crippen molar-refractivity contribution in [2.75, 3.05) is 7.11 Å². The zero-order chi connectivity index (χ0) is 15.2. The number of carbonyl (C=O) groups is 2. The molecule has 0 aliphatic heterocycles. The van der Waals surface area contributed by atoms with Gasteiger partial charge in [0, 0.05) is 17.8 Å². The number of ether oxygens (including phenoxy) is 1. The molecule has 0 saturated carbocycles. The molecule has 5 nitrogen and oxygen atoms in total. The summed E-state index contributed by atoms with van der Waals surface area (Å²) in [4.78, 5) is 27.1. The zero-order valence-electron chi connectivity index (χ0n) is 11.3. The van der Waals surface area contributed by atoms with Crippen molar-refractivity contribution < 1.29 is 14.3 Å². The number of esters is 1. The number of nitrogens with zero attached hydrogens (tertiary/aromatic N) is 1. The van der Waals surface area contributed by atoms with Crippen molar-refractivity contribution in [1.29, 1.82) is 0 Å². The Hall–Kier alpha value is -2.40. The first-order valence-corrected chi connectivity index (χ1v) is 6.55. The van der Waals surface area contributed by atoms with E-state index in [4.69, 9.17) is 11.6 Å². The van der Waals surface area contributed by atoms with Gasteiger partial charge in [-0.2, -0.15) is 0 Å². The number of amides is 1. The van der Waals surface area contributed by atoms with Crippen molar-refractivity contribution in [1.82, 2.24) is 10.3 Å². The highest BCUT2D eigenvalue weighted by molar-refractivity contribution is 6.31. The van der Waals surface area contributed by atoms with Crippen LogP contribution in [0.4, 0.5) is 0 Å². The van der Waals surface area contributed by atoms with Crippen LogP contribution in [-0.2, 0) is 11.3 Å². The van der Waals surface area contributed by atoms with Crippen LogP contribution in [0.2, 0.25) is 5.02 Å². The molecule has 0 bridgehead atoms. The van der Waals surface area contributed by atoms with Crippen molar-refractivity contribution >= 4 is 23.5 Å². The molecule has 0 spiro atoms. The summed E-state index contributed by atoms with van der Waals surface area (Å²) in [6.07, 6.45) is 1.30. The van der Waals surface area contributed by atoms with Crippen LogP contribution in [0, 0.1) is 0 Å². The number of rotatable bonds is 4. The maximum Gasteiger partial charge on any atom is 0.339 e. The number of aromatic nitrogens is 1. The molecule has 0 fully saturated rings. The van der Waals surface area contributed by atoms with Gasteiger partial charge in [-0.1, -0.05) is 29.8 Å². The third kappa shape index (κ3) is 3.79. The summed E-state index contributed by atoms with van der Waals surface area (Å²) in [5.74, 6) is -0.836. The minimum Gasteiger partial charge on any atom is -0.465 e. The quantitative estimate of drug-likeness (QED) is 0.881. The Kier molecular flexibility index (Phi) is 4.90. The van der Waals surface area contributed by atoms with E-state index in [9.17, 15) is 9.59 Å². The Bertz CT molecular complexity index is 656. The van der Waals surface area contributed by atoms with Gasteiger partial charge >= 0.3 is 5.97 Å². The largest absolute Gasteiger partial charge is 0.465 e. The van der Waals surface area contributed by atoms with Gasteiger partial charge in [-0.3, -0.25) is 9.78 Å². The van der Waals surface area contributed by atoms with Crippen LogP contribution in [0.1, 0.15) is 26.4 Å². The van der Waals surface area contributed by atoms with Gasteiger partial charge in [0.15, 0.2) is 0 Å². The van der Waals surface area contributed by atoms with Crippen molar-refractivity contribution in [3.8, 4) is 0 Å². The lowest BCUT2D eigenvalue weighted by atomic mass is 10.2. The normalized spacial score (nSPS) is 10.0. The summed E-state index contributed by atoms with van der Waals surface area (Å²) in [7, 11) is 1.28. The standard InChI is InChI=1S/C15H13ClN2O3/c1-21-15(20)11-6-7-13(17-9-11)14(19)18-8-10-4-2-3-5-12(10)16/h2-7,9H,8H2,1H3,(H,18,19). The molecule has 1 heterocycles. The number of hydrogen-bond donors (Lipinski definition) is 1. The molecule has 21 heavy (non-hydrogen) atoms. The lowest BCUT2D eigenvalue weighted by Gasteiger charge is -2.06. The van der Waals surface area contributed by atoms with Crippen LogP contribution < -0.4 is 5.32 Å². The van der Waals surface area contributed by atoms with Gasteiger partial charge in [0.25, 0.3) is 5.91 Å². The minimum absolute atomic E-state index is 0.217. The van der Waals surface area contributed by atoms with Crippen LogP contribution in [0.3, 0.4) is 0 Å². The summed E-state index contributed by atoms with van der Waals surface area (Å²) in [6.45, 7) is 0.305. The van der Waals surface area contributed by atoms with Crippen LogP contribution in [0.25, 0.3) is 0 Å². The van der Waals surface area contributed by atoms with Gasteiger partial charge in [-0.05, 0) is 23.8 Å². The topological polar surface area (TPSA) is 68.3 Å². The summed E-state index contributed by atoms with van der Waals surface area (Å²) in [6, 6.07) is 10.2. The SMILES string of the molecule is COC(=O)c1ccc(C(=O)NCc2ccccc2Cl)nc1. The Morgan fingerprint density at radius 1 is 1.24 bits per heavy atom. The van der Waals surface area contributed by atoms with Gasteiger partial charge in [0.2, 0.25) is 0 Å².